The summed E-state index contributed by atoms with van der Waals surface area (Å²) in [5.41, 5.74) is 2.26. The van der Waals surface area contributed by atoms with Gasteiger partial charge in [-0.1, -0.05) is 36.4 Å². The van der Waals surface area contributed by atoms with E-state index >= 15 is 0 Å². The zero-order valence-corrected chi connectivity index (χ0v) is 19.1. The third kappa shape index (κ3) is 4.42. The van der Waals surface area contributed by atoms with Gasteiger partial charge < -0.3 is 24.4 Å². The number of rotatable bonds is 5. The molecule has 0 aromatic heterocycles. The third-order valence-corrected chi connectivity index (χ3v) is 6.26. The Morgan fingerprint density at radius 1 is 0.912 bits per heavy atom. The van der Waals surface area contributed by atoms with Crippen molar-refractivity contribution in [2.75, 3.05) is 37.5 Å². The van der Waals surface area contributed by atoms with Crippen molar-refractivity contribution >= 4 is 34.1 Å². The van der Waals surface area contributed by atoms with Gasteiger partial charge in [0, 0.05) is 30.7 Å². The lowest BCUT2D eigenvalue weighted by Gasteiger charge is -2.18. The minimum absolute atomic E-state index is 0.193. The van der Waals surface area contributed by atoms with Gasteiger partial charge in [0.1, 0.15) is 12.2 Å². The van der Waals surface area contributed by atoms with Crippen molar-refractivity contribution in [3.63, 3.8) is 0 Å². The molecule has 2 amide bonds. The lowest BCUT2D eigenvalue weighted by molar-refractivity contribution is 0.00862. The summed E-state index contributed by atoms with van der Waals surface area (Å²) < 4.78 is 17.4. The molecule has 0 spiro atoms. The molecule has 5 rings (SSSR count). The molecule has 0 saturated carbocycles. The highest BCUT2D eigenvalue weighted by atomic mass is 16.6. The van der Waals surface area contributed by atoms with Crippen LogP contribution in [0.25, 0.3) is 10.8 Å². The number of benzene rings is 3. The topological polar surface area (TPSA) is 89.1 Å². The molecule has 3 aromatic rings. The summed E-state index contributed by atoms with van der Waals surface area (Å²) in [6.45, 7) is 0.504. The first-order chi connectivity index (χ1) is 16.5. The van der Waals surface area contributed by atoms with Crippen molar-refractivity contribution < 1.29 is 23.8 Å². The molecule has 8 heteroatoms. The number of hydrogen-bond acceptors (Lipinski definition) is 6. The van der Waals surface area contributed by atoms with Crippen LogP contribution in [0.1, 0.15) is 10.4 Å². The summed E-state index contributed by atoms with van der Waals surface area (Å²) in [5, 5.41) is 7.77. The van der Waals surface area contributed by atoms with E-state index in [0.29, 0.717) is 17.9 Å². The smallest absolute Gasteiger partial charge is 0.412 e. The van der Waals surface area contributed by atoms with Crippen molar-refractivity contribution in [1.82, 2.24) is 5.32 Å². The van der Waals surface area contributed by atoms with Crippen molar-refractivity contribution in [1.29, 1.82) is 0 Å². The Balaban J connectivity index is 1.18. The average molecular weight is 462 g/mol. The molecule has 2 aliphatic rings. The fourth-order valence-corrected chi connectivity index (χ4v) is 4.46. The summed E-state index contributed by atoms with van der Waals surface area (Å²) in [4.78, 5) is 27.3. The number of amides is 2. The molecule has 0 aliphatic carbocycles. The van der Waals surface area contributed by atoms with Crippen molar-refractivity contribution in [3.8, 4) is 0 Å². The van der Waals surface area contributed by atoms with Gasteiger partial charge in [0.2, 0.25) is 0 Å². The van der Waals surface area contributed by atoms with Gasteiger partial charge in [-0.25, -0.2) is 4.79 Å². The summed E-state index contributed by atoms with van der Waals surface area (Å²) in [7, 11) is 3.90. The number of nitrogens with zero attached hydrogens (tertiary/aromatic N) is 1. The molecule has 2 saturated heterocycles. The van der Waals surface area contributed by atoms with E-state index < -0.39 is 18.3 Å². The van der Waals surface area contributed by atoms with Crippen LogP contribution < -0.4 is 15.5 Å². The summed E-state index contributed by atoms with van der Waals surface area (Å²) in [6.07, 6.45) is -1.93. The Morgan fingerprint density at radius 3 is 2.44 bits per heavy atom. The highest BCUT2D eigenvalue weighted by Gasteiger charge is 2.50. The molecule has 2 aliphatic heterocycles. The van der Waals surface area contributed by atoms with Crippen molar-refractivity contribution in [3.05, 3.63) is 72.3 Å². The van der Waals surface area contributed by atoms with Crippen LogP contribution in [0.2, 0.25) is 0 Å². The molecular formula is C26H27N3O5. The standard InChI is InChI=1S/C26H27N3O5/c1-29(2)18-12-10-17(11-13-18)25(30)27-21-14-32-24-22(15-33-23(21)24)34-26(31)28-20-9-5-7-16-6-3-4-8-19(16)20/h3-13,21-24H,14-15H2,1-2H3,(H,27,30)(H,28,31)/t21-,22+,23+,24+/m0/s1. The molecule has 34 heavy (non-hydrogen) atoms. The summed E-state index contributed by atoms with van der Waals surface area (Å²) in [5.74, 6) is -0.193. The molecule has 2 fully saturated rings. The Hall–Kier alpha value is -3.62. The maximum Gasteiger partial charge on any atom is 0.412 e. The van der Waals surface area contributed by atoms with E-state index in [-0.39, 0.29) is 24.7 Å². The van der Waals surface area contributed by atoms with Gasteiger partial charge in [0.25, 0.3) is 5.91 Å². The highest BCUT2D eigenvalue weighted by Crippen LogP contribution is 2.30. The van der Waals surface area contributed by atoms with E-state index in [0.717, 1.165) is 16.5 Å². The lowest BCUT2D eigenvalue weighted by Crippen LogP contribution is -2.44. The molecule has 0 unspecified atom stereocenters. The fraction of sp³-hybridized carbons (Fsp3) is 0.308. The first-order valence-corrected chi connectivity index (χ1v) is 11.3. The number of carbonyl (C=O) groups is 2. The number of anilines is 2. The minimum Gasteiger partial charge on any atom is -0.441 e. The van der Waals surface area contributed by atoms with E-state index in [2.05, 4.69) is 10.6 Å². The molecule has 0 radical (unpaired) electrons. The van der Waals surface area contributed by atoms with Crippen LogP contribution in [0.5, 0.6) is 0 Å². The van der Waals surface area contributed by atoms with Gasteiger partial charge in [-0.15, -0.1) is 0 Å². The Labute approximate surface area is 197 Å². The van der Waals surface area contributed by atoms with Crippen molar-refractivity contribution in [2.24, 2.45) is 0 Å². The van der Waals surface area contributed by atoms with E-state index in [9.17, 15) is 9.59 Å². The molecule has 0 bridgehead atoms. The number of ether oxygens (including phenoxy) is 3. The van der Waals surface area contributed by atoms with Crippen LogP contribution >= 0.6 is 0 Å². The van der Waals surface area contributed by atoms with Crippen LogP contribution in [-0.4, -0.2) is 63.7 Å². The van der Waals surface area contributed by atoms with E-state index in [1.54, 1.807) is 12.1 Å². The zero-order valence-electron chi connectivity index (χ0n) is 19.1. The van der Waals surface area contributed by atoms with Gasteiger partial charge in [-0.2, -0.15) is 0 Å². The summed E-state index contributed by atoms with van der Waals surface area (Å²) in [6, 6.07) is 20.6. The maximum atomic E-state index is 12.7. The van der Waals surface area contributed by atoms with Gasteiger partial charge in [-0.05, 0) is 35.7 Å². The molecular weight excluding hydrogens is 434 g/mol. The molecule has 8 nitrogen and oxygen atoms in total. The zero-order chi connectivity index (χ0) is 23.7. The maximum absolute atomic E-state index is 12.7. The molecule has 2 N–H and O–H groups in total. The SMILES string of the molecule is CN(C)c1ccc(C(=O)N[C@H]2CO[C@H]3[C@@H]2OC[C@H]3OC(=O)Nc2cccc3ccccc23)cc1. The highest BCUT2D eigenvalue weighted by molar-refractivity contribution is 6.00. The number of fused-ring (bicyclic) bond motifs is 2. The second-order valence-corrected chi connectivity index (χ2v) is 8.71. The van der Waals surface area contributed by atoms with Gasteiger partial charge >= 0.3 is 6.09 Å². The van der Waals surface area contributed by atoms with Gasteiger partial charge in [-0.3, -0.25) is 10.1 Å². The lowest BCUT2D eigenvalue weighted by atomic mass is 10.1. The van der Waals surface area contributed by atoms with E-state index in [1.165, 1.54) is 0 Å². The molecule has 2 heterocycles. The average Bonchev–Trinajstić information content (AvgIpc) is 3.42. The van der Waals surface area contributed by atoms with Crippen LogP contribution in [0.4, 0.5) is 16.2 Å². The minimum atomic E-state index is -0.567. The molecule has 4 atom stereocenters. The molecule has 3 aromatic carbocycles. The van der Waals surface area contributed by atoms with Gasteiger partial charge in [0.05, 0.1) is 24.9 Å². The third-order valence-electron chi connectivity index (χ3n) is 6.26. The first kappa shape index (κ1) is 22.2. The monoisotopic (exact) mass is 461 g/mol. The van der Waals surface area contributed by atoms with Crippen LogP contribution in [0, 0.1) is 0 Å². The second-order valence-electron chi connectivity index (χ2n) is 8.71. The fourth-order valence-electron chi connectivity index (χ4n) is 4.46. The first-order valence-electron chi connectivity index (χ1n) is 11.3. The van der Waals surface area contributed by atoms with E-state index in [1.807, 2.05) is 73.6 Å². The largest absolute Gasteiger partial charge is 0.441 e. The Bertz CT molecular complexity index is 1190. The quantitative estimate of drug-likeness (QED) is 0.605. The predicted octanol–water partition coefficient (Wildman–Crippen LogP) is 3.42. The normalized spacial score (nSPS) is 23.4. The van der Waals surface area contributed by atoms with Crippen LogP contribution in [0.3, 0.4) is 0 Å². The Kier molecular flexibility index (Phi) is 6.08. The van der Waals surface area contributed by atoms with Gasteiger partial charge in [0.15, 0.2) is 6.10 Å². The van der Waals surface area contributed by atoms with Crippen LogP contribution in [0.15, 0.2) is 66.7 Å². The summed E-state index contributed by atoms with van der Waals surface area (Å²) >= 11 is 0. The van der Waals surface area contributed by atoms with Crippen LogP contribution in [-0.2, 0) is 14.2 Å². The number of carbonyl (C=O) groups excluding carboxylic acids is 2. The van der Waals surface area contributed by atoms with Crippen molar-refractivity contribution in [2.45, 2.75) is 24.4 Å². The second kappa shape index (κ2) is 9.32. The predicted molar refractivity (Wildman–Crippen MR) is 129 cm³/mol. The number of nitrogens with one attached hydrogen (secondary N) is 2. The molecule has 176 valence electrons. The Morgan fingerprint density at radius 2 is 1.65 bits per heavy atom. The number of hydrogen-bond donors (Lipinski definition) is 2. The van der Waals surface area contributed by atoms with E-state index in [4.69, 9.17) is 14.2 Å².